The van der Waals surface area contributed by atoms with Crippen LogP contribution in [0.5, 0.6) is 0 Å². The SMILES string of the molecule is CC(C)(C)c1cc(Nc2nc(-c3ccccc3C(F)(F)F)nc3ccccc23)n[nH]1. The molecule has 0 aliphatic rings. The summed E-state index contributed by atoms with van der Waals surface area (Å²) >= 11 is 0. The number of aromatic nitrogens is 4. The van der Waals surface area contributed by atoms with Gasteiger partial charge in [0.05, 0.1) is 11.1 Å². The van der Waals surface area contributed by atoms with E-state index >= 15 is 0 Å². The summed E-state index contributed by atoms with van der Waals surface area (Å²) in [5, 5.41) is 11.1. The van der Waals surface area contributed by atoms with E-state index in [0.29, 0.717) is 22.5 Å². The average Bonchev–Trinajstić information content (AvgIpc) is 3.16. The van der Waals surface area contributed by atoms with Crippen molar-refractivity contribution in [3.63, 3.8) is 0 Å². The first-order valence-corrected chi connectivity index (χ1v) is 9.39. The van der Waals surface area contributed by atoms with Gasteiger partial charge in [0.1, 0.15) is 5.82 Å². The lowest BCUT2D eigenvalue weighted by molar-refractivity contribution is -0.137. The minimum Gasteiger partial charge on any atom is -0.323 e. The van der Waals surface area contributed by atoms with Crippen LogP contribution in [0, 0.1) is 0 Å². The number of para-hydroxylation sites is 1. The van der Waals surface area contributed by atoms with Gasteiger partial charge in [-0.2, -0.15) is 18.3 Å². The first-order valence-electron chi connectivity index (χ1n) is 9.39. The van der Waals surface area contributed by atoms with Gasteiger partial charge < -0.3 is 5.32 Å². The number of nitrogens with zero attached hydrogens (tertiary/aromatic N) is 3. The number of H-pyrrole nitrogens is 1. The zero-order valence-corrected chi connectivity index (χ0v) is 16.7. The fourth-order valence-electron chi connectivity index (χ4n) is 3.11. The van der Waals surface area contributed by atoms with E-state index < -0.39 is 11.7 Å². The van der Waals surface area contributed by atoms with E-state index in [9.17, 15) is 13.2 Å². The summed E-state index contributed by atoms with van der Waals surface area (Å²) in [5.74, 6) is 0.911. The number of rotatable bonds is 3. The molecule has 0 fully saturated rings. The number of hydrogen-bond acceptors (Lipinski definition) is 4. The number of aromatic amines is 1. The number of anilines is 2. The highest BCUT2D eigenvalue weighted by Crippen LogP contribution is 2.37. The summed E-state index contributed by atoms with van der Waals surface area (Å²) in [4.78, 5) is 8.82. The minimum absolute atomic E-state index is 0.00398. The summed E-state index contributed by atoms with van der Waals surface area (Å²) in [5.41, 5.74) is 0.481. The van der Waals surface area contributed by atoms with E-state index in [1.165, 1.54) is 12.1 Å². The van der Waals surface area contributed by atoms with E-state index in [4.69, 9.17) is 0 Å². The van der Waals surface area contributed by atoms with Crippen LogP contribution in [0.15, 0.2) is 54.6 Å². The summed E-state index contributed by atoms with van der Waals surface area (Å²) in [6, 6.07) is 14.3. The van der Waals surface area contributed by atoms with E-state index in [1.807, 2.05) is 18.2 Å². The molecule has 0 unspecified atom stereocenters. The Hall–Kier alpha value is -3.42. The Balaban J connectivity index is 1.85. The minimum atomic E-state index is -4.51. The Morgan fingerprint density at radius 1 is 0.900 bits per heavy atom. The summed E-state index contributed by atoms with van der Waals surface area (Å²) in [6.45, 7) is 6.16. The lowest BCUT2D eigenvalue weighted by Gasteiger charge is -2.15. The van der Waals surface area contributed by atoms with Gasteiger partial charge in [-0.05, 0) is 18.2 Å². The molecule has 8 heteroatoms. The molecule has 0 saturated heterocycles. The maximum absolute atomic E-state index is 13.5. The van der Waals surface area contributed by atoms with Gasteiger partial charge in [0, 0.05) is 28.1 Å². The largest absolute Gasteiger partial charge is 0.417 e. The van der Waals surface area contributed by atoms with Crippen LogP contribution in [-0.2, 0) is 11.6 Å². The highest BCUT2D eigenvalue weighted by atomic mass is 19.4. The molecule has 0 saturated carbocycles. The van der Waals surface area contributed by atoms with Crippen LogP contribution in [0.1, 0.15) is 32.0 Å². The summed E-state index contributed by atoms with van der Waals surface area (Å²) in [6.07, 6.45) is -4.51. The normalized spacial score (nSPS) is 12.3. The van der Waals surface area contributed by atoms with Crippen molar-refractivity contribution in [1.29, 1.82) is 0 Å². The van der Waals surface area contributed by atoms with Crippen LogP contribution in [0.2, 0.25) is 0 Å². The fourth-order valence-corrected chi connectivity index (χ4v) is 3.11. The van der Waals surface area contributed by atoms with Gasteiger partial charge in [-0.15, -0.1) is 0 Å². The third kappa shape index (κ3) is 3.85. The Bertz CT molecular complexity index is 1210. The monoisotopic (exact) mass is 411 g/mol. The maximum Gasteiger partial charge on any atom is 0.417 e. The fraction of sp³-hybridized carbons (Fsp3) is 0.227. The Labute approximate surface area is 171 Å². The van der Waals surface area contributed by atoms with Crippen LogP contribution < -0.4 is 5.32 Å². The van der Waals surface area contributed by atoms with Crippen LogP contribution in [0.25, 0.3) is 22.3 Å². The van der Waals surface area contributed by atoms with Crippen LogP contribution in [0.3, 0.4) is 0 Å². The lowest BCUT2D eigenvalue weighted by Crippen LogP contribution is -2.11. The molecule has 2 heterocycles. The Kier molecular flexibility index (Phi) is 4.72. The molecule has 0 bridgehead atoms. The molecule has 0 amide bonds. The summed E-state index contributed by atoms with van der Waals surface area (Å²) < 4.78 is 40.6. The number of halogens is 3. The van der Waals surface area contributed by atoms with Gasteiger partial charge in [-0.3, -0.25) is 5.10 Å². The van der Waals surface area contributed by atoms with Crippen LogP contribution in [-0.4, -0.2) is 20.2 Å². The molecule has 30 heavy (non-hydrogen) atoms. The van der Waals surface area contributed by atoms with E-state index in [0.717, 1.165) is 11.8 Å². The molecule has 0 radical (unpaired) electrons. The van der Waals surface area contributed by atoms with Gasteiger partial charge in [0.2, 0.25) is 0 Å². The van der Waals surface area contributed by atoms with Gasteiger partial charge in [0.25, 0.3) is 0 Å². The quantitative estimate of drug-likeness (QED) is 0.429. The standard InChI is InChI=1S/C22H20F3N5/c1-21(2,3)17-12-18(30-29-17)27-20-14-9-5-7-11-16(14)26-19(28-20)13-8-4-6-10-15(13)22(23,24)25/h4-12H,1-3H3,(H2,26,27,28,29,30). The van der Waals surface area contributed by atoms with E-state index in [-0.39, 0.29) is 16.8 Å². The molecule has 2 aromatic heterocycles. The zero-order chi connectivity index (χ0) is 21.5. The van der Waals surface area contributed by atoms with Gasteiger partial charge in [0.15, 0.2) is 11.6 Å². The third-order valence-electron chi connectivity index (χ3n) is 4.71. The predicted octanol–water partition coefficient (Wildman–Crippen LogP) is 6.08. The highest BCUT2D eigenvalue weighted by Gasteiger charge is 2.34. The first kappa shape index (κ1) is 19.9. The van der Waals surface area contributed by atoms with Gasteiger partial charge in [-0.25, -0.2) is 9.97 Å². The first-order chi connectivity index (χ1) is 14.1. The number of fused-ring (bicyclic) bond motifs is 1. The van der Waals surface area contributed by atoms with E-state index in [1.54, 1.807) is 18.2 Å². The van der Waals surface area contributed by atoms with Crippen molar-refractivity contribution in [2.45, 2.75) is 32.4 Å². The molecule has 5 nitrogen and oxygen atoms in total. The number of nitrogens with one attached hydrogen (secondary N) is 2. The second-order valence-corrected chi connectivity index (χ2v) is 8.00. The third-order valence-corrected chi connectivity index (χ3v) is 4.71. The van der Waals surface area contributed by atoms with Crippen molar-refractivity contribution in [3.8, 4) is 11.4 Å². The topological polar surface area (TPSA) is 66.5 Å². The molecule has 0 spiro atoms. The molecule has 4 aromatic rings. The van der Waals surface area contributed by atoms with Crippen molar-refractivity contribution in [2.75, 3.05) is 5.32 Å². The second kappa shape index (κ2) is 7.12. The lowest BCUT2D eigenvalue weighted by atomic mass is 9.92. The Morgan fingerprint density at radius 2 is 1.60 bits per heavy atom. The van der Waals surface area contributed by atoms with Crippen molar-refractivity contribution in [3.05, 3.63) is 65.9 Å². The molecule has 0 aliphatic heterocycles. The second-order valence-electron chi connectivity index (χ2n) is 8.00. The number of benzene rings is 2. The van der Waals surface area contributed by atoms with Crippen LogP contribution >= 0.6 is 0 Å². The van der Waals surface area contributed by atoms with E-state index in [2.05, 4.69) is 46.3 Å². The van der Waals surface area contributed by atoms with Crippen molar-refractivity contribution in [2.24, 2.45) is 0 Å². The molecule has 4 rings (SSSR count). The molecule has 2 aromatic carbocycles. The smallest absolute Gasteiger partial charge is 0.323 e. The molecule has 0 aliphatic carbocycles. The highest BCUT2D eigenvalue weighted by molar-refractivity contribution is 5.92. The molecular weight excluding hydrogens is 391 g/mol. The van der Waals surface area contributed by atoms with Crippen LogP contribution in [0.4, 0.5) is 24.8 Å². The Morgan fingerprint density at radius 3 is 2.30 bits per heavy atom. The summed E-state index contributed by atoms with van der Waals surface area (Å²) in [7, 11) is 0. The predicted molar refractivity (Wildman–Crippen MR) is 111 cm³/mol. The zero-order valence-electron chi connectivity index (χ0n) is 16.7. The maximum atomic E-state index is 13.5. The van der Waals surface area contributed by atoms with Gasteiger partial charge in [-0.1, -0.05) is 51.1 Å². The van der Waals surface area contributed by atoms with Gasteiger partial charge >= 0.3 is 6.18 Å². The van der Waals surface area contributed by atoms with Crippen molar-refractivity contribution in [1.82, 2.24) is 20.2 Å². The van der Waals surface area contributed by atoms with Crippen molar-refractivity contribution < 1.29 is 13.2 Å². The number of hydrogen-bond donors (Lipinski definition) is 2. The number of alkyl halides is 3. The molecule has 154 valence electrons. The molecule has 0 atom stereocenters. The van der Waals surface area contributed by atoms with Crippen molar-refractivity contribution >= 4 is 22.5 Å². The molecule has 2 N–H and O–H groups in total. The molecular formula is C22H20F3N5. The average molecular weight is 411 g/mol.